The summed E-state index contributed by atoms with van der Waals surface area (Å²) in [6, 6.07) is 10.8. The SMILES string of the molecule is O[C@@H]1CCN(CC2CCOC2)[C@H]1Cc1ccccc1. The smallest absolute Gasteiger partial charge is 0.0710 e. The second-order valence-corrected chi connectivity index (χ2v) is 5.84. The molecule has 104 valence electrons. The molecule has 3 atom stereocenters. The number of aliphatic hydroxyl groups is 1. The van der Waals surface area contributed by atoms with E-state index in [9.17, 15) is 5.11 Å². The summed E-state index contributed by atoms with van der Waals surface area (Å²) in [7, 11) is 0. The highest BCUT2D eigenvalue weighted by molar-refractivity contribution is 5.17. The maximum Gasteiger partial charge on any atom is 0.0710 e. The van der Waals surface area contributed by atoms with Gasteiger partial charge in [-0.15, -0.1) is 0 Å². The number of nitrogens with zero attached hydrogens (tertiary/aromatic N) is 1. The van der Waals surface area contributed by atoms with E-state index in [1.54, 1.807) is 0 Å². The molecule has 0 spiro atoms. The number of likely N-dealkylation sites (tertiary alicyclic amines) is 1. The van der Waals surface area contributed by atoms with Crippen molar-refractivity contribution in [1.82, 2.24) is 4.90 Å². The fourth-order valence-electron chi connectivity index (χ4n) is 3.31. The highest BCUT2D eigenvalue weighted by Gasteiger charge is 2.34. The molecule has 0 aromatic heterocycles. The van der Waals surface area contributed by atoms with Crippen LogP contribution in [0.5, 0.6) is 0 Å². The Morgan fingerprint density at radius 2 is 2.05 bits per heavy atom. The van der Waals surface area contributed by atoms with Crippen LogP contribution in [-0.2, 0) is 11.2 Å². The lowest BCUT2D eigenvalue weighted by molar-refractivity contribution is 0.103. The first-order valence-electron chi connectivity index (χ1n) is 7.37. The van der Waals surface area contributed by atoms with E-state index in [-0.39, 0.29) is 12.1 Å². The van der Waals surface area contributed by atoms with E-state index in [0.29, 0.717) is 5.92 Å². The largest absolute Gasteiger partial charge is 0.391 e. The van der Waals surface area contributed by atoms with Gasteiger partial charge in [0.05, 0.1) is 12.7 Å². The van der Waals surface area contributed by atoms with Gasteiger partial charge in [-0.3, -0.25) is 4.90 Å². The Bertz CT molecular complexity index is 389. The van der Waals surface area contributed by atoms with E-state index in [1.165, 1.54) is 12.0 Å². The van der Waals surface area contributed by atoms with E-state index >= 15 is 0 Å². The van der Waals surface area contributed by atoms with Gasteiger partial charge in [0, 0.05) is 25.7 Å². The van der Waals surface area contributed by atoms with Crippen LogP contribution in [0.2, 0.25) is 0 Å². The van der Waals surface area contributed by atoms with Gasteiger partial charge in [-0.1, -0.05) is 30.3 Å². The Morgan fingerprint density at radius 3 is 2.79 bits per heavy atom. The van der Waals surface area contributed by atoms with Crippen LogP contribution in [0.4, 0.5) is 0 Å². The molecule has 0 aliphatic carbocycles. The Hall–Kier alpha value is -0.900. The predicted octanol–water partition coefficient (Wildman–Crippen LogP) is 1.70. The summed E-state index contributed by atoms with van der Waals surface area (Å²) in [6.45, 7) is 3.90. The van der Waals surface area contributed by atoms with Crippen LogP contribution in [0, 0.1) is 5.92 Å². The molecule has 19 heavy (non-hydrogen) atoms. The highest BCUT2D eigenvalue weighted by atomic mass is 16.5. The van der Waals surface area contributed by atoms with Crippen molar-refractivity contribution in [3.63, 3.8) is 0 Å². The van der Waals surface area contributed by atoms with Gasteiger partial charge in [0.25, 0.3) is 0 Å². The predicted molar refractivity (Wildman–Crippen MR) is 75.1 cm³/mol. The average Bonchev–Trinajstić information content (AvgIpc) is 3.05. The summed E-state index contributed by atoms with van der Waals surface area (Å²) >= 11 is 0. The summed E-state index contributed by atoms with van der Waals surface area (Å²) < 4.78 is 5.46. The maximum atomic E-state index is 10.2. The molecular weight excluding hydrogens is 238 g/mol. The van der Waals surface area contributed by atoms with E-state index in [0.717, 1.165) is 39.1 Å². The average molecular weight is 261 g/mol. The van der Waals surface area contributed by atoms with Crippen LogP contribution in [-0.4, -0.2) is 48.5 Å². The molecule has 2 fully saturated rings. The van der Waals surface area contributed by atoms with Crippen LogP contribution in [0.3, 0.4) is 0 Å². The summed E-state index contributed by atoms with van der Waals surface area (Å²) in [4.78, 5) is 2.47. The van der Waals surface area contributed by atoms with Crippen LogP contribution < -0.4 is 0 Å². The van der Waals surface area contributed by atoms with Crippen LogP contribution in [0.15, 0.2) is 30.3 Å². The first-order valence-corrected chi connectivity index (χ1v) is 7.37. The maximum absolute atomic E-state index is 10.2. The molecule has 2 saturated heterocycles. The van der Waals surface area contributed by atoms with Crippen molar-refractivity contribution in [1.29, 1.82) is 0 Å². The topological polar surface area (TPSA) is 32.7 Å². The first-order chi connectivity index (χ1) is 9.33. The zero-order valence-corrected chi connectivity index (χ0v) is 11.4. The van der Waals surface area contributed by atoms with E-state index < -0.39 is 0 Å². The Balaban J connectivity index is 1.63. The van der Waals surface area contributed by atoms with E-state index in [4.69, 9.17) is 4.74 Å². The Morgan fingerprint density at radius 1 is 1.21 bits per heavy atom. The molecule has 3 heteroatoms. The minimum absolute atomic E-state index is 0.178. The normalized spacial score (nSPS) is 31.9. The molecule has 0 saturated carbocycles. The van der Waals surface area contributed by atoms with Crippen molar-refractivity contribution < 1.29 is 9.84 Å². The Kier molecular flexibility index (Phi) is 4.16. The minimum Gasteiger partial charge on any atom is -0.391 e. The molecule has 1 unspecified atom stereocenters. The molecule has 0 radical (unpaired) electrons. The molecule has 2 aliphatic heterocycles. The zero-order chi connectivity index (χ0) is 13.1. The molecule has 0 bridgehead atoms. The van der Waals surface area contributed by atoms with Gasteiger partial charge in [-0.05, 0) is 30.7 Å². The van der Waals surface area contributed by atoms with Crippen molar-refractivity contribution in [2.75, 3.05) is 26.3 Å². The van der Waals surface area contributed by atoms with Crippen molar-refractivity contribution in [3.8, 4) is 0 Å². The lowest BCUT2D eigenvalue weighted by Gasteiger charge is -2.28. The number of hydrogen-bond acceptors (Lipinski definition) is 3. The standard InChI is InChI=1S/C16H23NO2/c18-16-6-8-17(11-14-7-9-19-12-14)15(16)10-13-4-2-1-3-5-13/h1-5,14-16,18H,6-12H2/t14?,15-,16+/m0/s1. The van der Waals surface area contributed by atoms with Crippen LogP contribution >= 0.6 is 0 Å². The van der Waals surface area contributed by atoms with Crippen molar-refractivity contribution in [2.45, 2.75) is 31.4 Å². The van der Waals surface area contributed by atoms with Gasteiger partial charge in [0.15, 0.2) is 0 Å². The molecule has 1 aromatic carbocycles. The number of benzene rings is 1. The summed E-state index contributed by atoms with van der Waals surface area (Å²) in [5, 5.41) is 10.2. The van der Waals surface area contributed by atoms with Gasteiger partial charge < -0.3 is 9.84 Å². The summed E-state index contributed by atoms with van der Waals surface area (Å²) in [5.74, 6) is 0.656. The second kappa shape index (κ2) is 6.04. The molecule has 2 aliphatic rings. The minimum atomic E-state index is -0.178. The third kappa shape index (κ3) is 3.16. The summed E-state index contributed by atoms with van der Waals surface area (Å²) in [6.07, 6.45) is 2.85. The molecule has 1 N–H and O–H groups in total. The fraction of sp³-hybridized carbons (Fsp3) is 0.625. The first kappa shape index (κ1) is 13.1. The van der Waals surface area contributed by atoms with E-state index in [2.05, 4.69) is 29.2 Å². The number of hydrogen-bond donors (Lipinski definition) is 1. The monoisotopic (exact) mass is 261 g/mol. The third-order valence-electron chi connectivity index (χ3n) is 4.43. The zero-order valence-electron chi connectivity index (χ0n) is 11.4. The lowest BCUT2D eigenvalue weighted by Crippen LogP contribution is -2.40. The van der Waals surface area contributed by atoms with Crippen LogP contribution in [0.1, 0.15) is 18.4 Å². The van der Waals surface area contributed by atoms with E-state index in [1.807, 2.05) is 6.07 Å². The molecular formula is C16H23NO2. The molecule has 2 heterocycles. The Labute approximate surface area is 115 Å². The molecule has 0 amide bonds. The van der Waals surface area contributed by atoms with Gasteiger partial charge in [0.1, 0.15) is 0 Å². The third-order valence-corrected chi connectivity index (χ3v) is 4.43. The van der Waals surface area contributed by atoms with Gasteiger partial charge >= 0.3 is 0 Å². The lowest BCUT2D eigenvalue weighted by atomic mass is 10.0. The quantitative estimate of drug-likeness (QED) is 0.895. The van der Waals surface area contributed by atoms with Gasteiger partial charge in [-0.25, -0.2) is 0 Å². The van der Waals surface area contributed by atoms with Crippen molar-refractivity contribution in [2.24, 2.45) is 5.92 Å². The van der Waals surface area contributed by atoms with Gasteiger partial charge in [-0.2, -0.15) is 0 Å². The van der Waals surface area contributed by atoms with Crippen molar-refractivity contribution in [3.05, 3.63) is 35.9 Å². The molecule has 3 nitrogen and oxygen atoms in total. The molecule has 3 rings (SSSR count). The van der Waals surface area contributed by atoms with Crippen molar-refractivity contribution >= 4 is 0 Å². The number of rotatable bonds is 4. The van der Waals surface area contributed by atoms with Gasteiger partial charge in [0.2, 0.25) is 0 Å². The summed E-state index contributed by atoms with van der Waals surface area (Å²) in [5.41, 5.74) is 1.32. The number of aliphatic hydroxyl groups excluding tert-OH is 1. The second-order valence-electron chi connectivity index (χ2n) is 5.84. The molecule has 1 aromatic rings. The highest BCUT2D eigenvalue weighted by Crippen LogP contribution is 2.25. The van der Waals surface area contributed by atoms with Crippen LogP contribution in [0.25, 0.3) is 0 Å². The number of ether oxygens (including phenoxy) is 1. The fourth-order valence-corrected chi connectivity index (χ4v) is 3.31.